The van der Waals surface area contributed by atoms with Crippen LogP contribution in [0.3, 0.4) is 0 Å². The van der Waals surface area contributed by atoms with Crippen molar-refractivity contribution in [1.82, 2.24) is 15.3 Å². The van der Waals surface area contributed by atoms with Crippen molar-refractivity contribution in [1.29, 1.82) is 0 Å². The lowest BCUT2D eigenvalue weighted by Gasteiger charge is -2.06. The van der Waals surface area contributed by atoms with Gasteiger partial charge in [0, 0.05) is 11.6 Å². The fraction of sp³-hybridized carbons (Fsp3) is 0.125. The number of para-hydroxylation sites is 1. The maximum absolute atomic E-state index is 12.2. The molecule has 0 fully saturated rings. The highest BCUT2D eigenvalue weighted by Crippen LogP contribution is 2.14. The molecule has 2 N–H and O–H groups in total. The summed E-state index contributed by atoms with van der Waals surface area (Å²) in [6, 6.07) is 13.1. The Morgan fingerprint density at radius 1 is 1.19 bits per heavy atom. The highest BCUT2D eigenvalue weighted by atomic mass is 35.5. The van der Waals surface area contributed by atoms with Crippen LogP contribution in [-0.2, 0) is 6.42 Å². The van der Waals surface area contributed by atoms with Gasteiger partial charge in [-0.1, -0.05) is 29.8 Å². The Labute approximate surface area is 127 Å². The molecule has 0 aliphatic rings. The van der Waals surface area contributed by atoms with Crippen molar-refractivity contribution in [3.63, 3.8) is 0 Å². The molecule has 1 amide bonds. The first-order valence-corrected chi connectivity index (χ1v) is 7.06. The van der Waals surface area contributed by atoms with E-state index in [1.54, 1.807) is 12.4 Å². The number of halogens is 1. The Morgan fingerprint density at radius 3 is 2.81 bits per heavy atom. The third kappa shape index (κ3) is 3.06. The number of hydrogen-bond acceptors (Lipinski definition) is 2. The zero-order chi connectivity index (χ0) is 14.7. The second kappa shape index (κ2) is 5.97. The van der Waals surface area contributed by atoms with E-state index in [2.05, 4.69) is 15.3 Å². The molecule has 0 bridgehead atoms. The SMILES string of the molecule is O=C(NCCc1ccc(Cl)cc1)c1cccc2[nH]cnc12. The topological polar surface area (TPSA) is 57.8 Å². The molecule has 3 aromatic rings. The summed E-state index contributed by atoms with van der Waals surface area (Å²) >= 11 is 5.84. The summed E-state index contributed by atoms with van der Waals surface area (Å²) < 4.78 is 0. The predicted molar refractivity (Wildman–Crippen MR) is 83.6 cm³/mol. The lowest BCUT2D eigenvalue weighted by atomic mass is 10.1. The molecule has 0 aliphatic carbocycles. The number of fused-ring (bicyclic) bond motifs is 1. The number of nitrogens with one attached hydrogen (secondary N) is 2. The van der Waals surface area contributed by atoms with Crippen molar-refractivity contribution >= 4 is 28.5 Å². The van der Waals surface area contributed by atoms with Gasteiger partial charge >= 0.3 is 0 Å². The number of nitrogens with zero attached hydrogens (tertiary/aromatic N) is 1. The van der Waals surface area contributed by atoms with E-state index in [-0.39, 0.29) is 5.91 Å². The van der Waals surface area contributed by atoms with Gasteiger partial charge in [0.1, 0.15) is 5.52 Å². The molecule has 0 spiro atoms. The second-order valence-corrected chi connectivity index (χ2v) is 5.17. The van der Waals surface area contributed by atoms with Gasteiger partial charge in [0.25, 0.3) is 5.91 Å². The molecule has 3 rings (SSSR count). The van der Waals surface area contributed by atoms with Crippen LogP contribution >= 0.6 is 11.6 Å². The molecule has 0 unspecified atom stereocenters. The van der Waals surface area contributed by atoms with Crippen molar-refractivity contribution in [3.05, 3.63) is 64.9 Å². The lowest BCUT2D eigenvalue weighted by Crippen LogP contribution is -2.25. The van der Waals surface area contributed by atoms with E-state index in [4.69, 9.17) is 11.6 Å². The standard InChI is InChI=1S/C16H14ClN3O/c17-12-6-4-11(5-7-12)8-9-18-16(21)13-2-1-3-14-15(13)20-10-19-14/h1-7,10H,8-9H2,(H,18,21)(H,19,20). The molecule has 2 aromatic carbocycles. The average molecular weight is 300 g/mol. The maximum atomic E-state index is 12.2. The fourth-order valence-corrected chi connectivity index (χ4v) is 2.34. The van der Waals surface area contributed by atoms with Gasteiger partial charge < -0.3 is 10.3 Å². The number of carbonyl (C=O) groups is 1. The zero-order valence-corrected chi connectivity index (χ0v) is 12.0. The Hall–Kier alpha value is -2.33. The summed E-state index contributed by atoms with van der Waals surface area (Å²) in [6.07, 6.45) is 2.36. The van der Waals surface area contributed by atoms with E-state index in [0.717, 1.165) is 17.5 Å². The summed E-state index contributed by atoms with van der Waals surface area (Å²) in [6.45, 7) is 0.571. The van der Waals surface area contributed by atoms with Crippen molar-refractivity contribution in [2.24, 2.45) is 0 Å². The van der Waals surface area contributed by atoms with Crippen LogP contribution in [0.5, 0.6) is 0 Å². The largest absolute Gasteiger partial charge is 0.352 e. The number of aromatic amines is 1. The first-order chi connectivity index (χ1) is 10.2. The number of H-pyrrole nitrogens is 1. The molecule has 0 saturated heterocycles. The maximum Gasteiger partial charge on any atom is 0.253 e. The number of aromatic nitrogens is 2. The first kappa shape index (κ1) is 13.6. The third-order valence-corrected chi connectivity index (χ3v) is 3.56. The van der Waals surface area contributed by atoms with Crippen LogP contribution < -0.4 is 5.32 Å². The number of carbonyl (C=O) groups excluding carboxylic acids is 1. The Kier molecular flexibility index (Phi) is 3.88. The number of benzene rings is 2. The summed E-state index contributed by atoms with van der Waals surface area (Å²) in [5.74, 6) is -0.110. The highest BCUT2D eigenvalue weighted by molar-refractivity contribution is 6.30. The van der Waals surface area contributed by atoms with Gasteiger partial charge in [0.05, 0.1) is 17.4 Å². The molecular weight excluding hydrogens is 286 g/mol. The van der Waals surface area contributed by atoms with Crippen molar-refractivity contribution in [2.75, 3.05) is 6.54 Å². The van der Waals surface area contributed by atoms with Gasteiger partial charge in [-0.3, -0.25) is 4.79 Å². The van der Waals surface area contributed by atoms with Gasteiger partial charge in [-0.05, 0) is 36.2 Å². The monoisotopic (exact) mass is 299 g/mol. The van der Waals surface area contributed by atoms with Gasteiger partial charge in [0.15, 0.2) is 0 Å². The normalized spacial score (nSPS) is 10.7. The van der Waals surface area contributed by atoms with Crippen LogP contribution in [0.15, 0.2) is 48.8 Å². The Morgan fingerprint density at radius 2 is 2.00 bits per heavy atom. The zero-order valence-electron chi connectivity index (χ0n) is 11.3. The van der Waals surface area contributed by atoms with Gasteiger partial charge in [-0.15, -0.1) is 0 Å². The molecule has 21 heavy (non-hydrogen) atoms. The molecule has 0 radical (unpaired) electrons. The number of imidazole rings is 1. The van der Waals surface area contributed by atoms with E-state index >= 15 is 0 Å². The summed E-state index contributed by atoms with van der Waals surface area (Å²) in [4.78, 5) is 19.4. The quantitative estimate of drug-likeness (QED) is 0.777. The van der Waals surface area contributed by atoms with Gasteiger partial charge in [0.2, 0.25) is 0 Å². The summed E-state index contributed by atoms with van der Waals surface area (Å²) in [7, 11) is 0. The fourth-order valence-electron chi connectivity index (χ4n) is 2.22. The average Bonchev–Trinajstić information content (AvgIpc) is 2.97. The molecule has 106 valence electrons. The lowest BCUT2D eigenvalue weighted by molar-refractivity contribution is 0.0955. The van der Waals surface area contributed by atoms with E-state index < -0.39 is 0 Å². The van der Waals surface area contributed by atoms with E-state index in [0.29, 0.717) is 22.6 Å². The van der Waals surface area contributed by atoms with E-state index in [9.17, 15) is 4.79 Å². The third-order valence-electron chi connectivity index (χ3n) is 3.31. The van der Waals surface area contributed by atoms with E-state index in [1.165, 1.54) is 0 Å². The van der Waals surface area contributed by atoms with Crippen LogP contribution in [0.2, 0.25) is 5.02 Å². The molecule has 0 atom stereocenters. The molecular formula is C16H14ClN3O. The smallest absolute Gasteiger partial charge is 0.253 e. The van der Waals surface area contributed by atoms with Crippen LogP contribution in [0, 0.1) is 0 Å². The van der Waals surface area contributed by atoms with Crippen LogP contribution in [0.25, 0.3) is 11.0 Å². The van der Waals surface area contributed by atoms with Crippen LogP contribution in [0.1, 0.15) is 15.9 Å². The highest BCUT2D eigenvalue weighted by Gasteiger charge is 2.10. The summed E-state index contributed by atoms with van der Waals surface area (Å²) in [5, 5.41) is 3.63. The van der Waals surface area contributed by atoms with Gasteiger partial charge in [-0.25, -0.2) is 4.98 Å². The minimum Gasteiger partial charge on any atom is -0.352 e. The molecule has 1 heterocycles. The number of rotatable bonds is 4. The number of hydrogen-bond donors (Lipinski definition) is 2. The first-order valence-electron chi connectivity index (χ1n) is 6.69. The Balaban J connectivity index is 1.64. The molecule has 5 heteroatoms. The van der Waals surface area contributed by atoms with Crippen LogP contribution in [-0.4, -0.2) is 22.4 Å². The summed E-state index contributed by atoms with van der Waals surface area (Å²) in [5.41, 5.74) is 3.28. The minimum absolute atomic E-state index is 0.110. The second-order valence-electron chi connectivity index (χ2n) is 4.74. The van der Waals surface area contributed by atoms with Crippen LogP contribution in [0.4, 0.5) is 0 Å². The van der Waals surface area contributed by atoms with Crippen molar-refractivity contribution < 1.29 is 4.79 Å². The minimum atomic E-state index is -0.110. The molecule has 0 aliphatic heterocycles. The number of amides is 1. The molecule has 0 saturated carbocycles. The van der Waals surface area contributed by atoms with E-state index in [1.807, 2.05) is 36.4 Å². The molecule has 1 aromatic heterocycles. The molecule has 4 nitrogen and oxygen atoms in total. The van der Waals surface area contributed by atoms with Gasteiger partial charge in [-0.2, -0.15) is 0 Å². The Bertz CT molecular complexity index is 765. The van der Waals surface area contributed by atoms with Crippen molar-refractivity contribution in [2.45, 2.75) is 6.42 Å². The predicted octanol–water partition coefficient (Wildman–Crippen LogP) is 3.19. The van der Waals surface area contributed by atoms with Crippen molar-refractivity contribution in [3.8, 4) is 0 Å².